The number of amides is 1. The van der Waals surface area contributed by atoms with Crippen LogP contribution in [0.1, 0.15) is 31.2 Å². The third-order valence-corrected chi connectivity index (χ3v) is 7.29. The van der Waals surface area contributed by atoms with Crippen LogP contribution in [0.3, 0.4) is 0 Å². The summed E-state index contributed by atoms with van der Waals surface area (Å²) >= 11 is 7.63. The molecule has 6 nitrogen and oxygen atoms in total. The first-order valence-electron chi connectivity index (χ1n) is 11.6. The van der Waals surface area contributed by atoms with Gasteiger partial charge in [-0.2, -0.15) is 0 Å². The fourth-order valence-corrected chi connectivity index (χ4v) is 5.38. The molecule has 0 aliphatic carbocycles. The molecule has 0 unspecified atom stereocenters. The van der Waals surface area contributed by atoms with E-state index in [1.54, 1.807) is 0 Å². The number of likely N-dealkylation sites (tertiary alicyclic amines) is 1. The minimum Gasteiger partial charge on any atom is -0.356 e. The average Bonchev–Trinajstić information content (AvgIpc) is 3.32. The molecule has 0 bridgehead atoms. The number of hydrogen-bond donors (Lipinski definition) is 1. The molecule has 172 valence electrons. The summed E-state index contributed by atoms with van der Waals surface area (Å²) in [6.45, 7) is 5.84. The Hall–Kier alpha value is -1.83. The van der Waals surface area contributed by atoms with Crippen molar-refractivity contribution < 1.29 is 4.79 Å². The van der Waals surface area contributed by atoms with E-state index in [2.05, 4.69) is 55.4 Å². The molecule has 2 saturated heterocycles. The first kappa shape index (κ1) is 23.3. The van der Waals surface area contributed by atoms with Gasteiger partial charge in [0.15, 0.2) is 5.16 Å². The number of nitrogens with zero attached hydrogens (tertiary/aromatic N) is 4. The fourth-order valence-electron chi connectivity index (χ4n) is 4.47. The summed E-state index contributed by atoms with van der Waals surface area (Å²) in [7, 11) is 0. The number of thioether (sulfide) groups is 1. The number of aromatic nitrogens is 2. The highest BCUT2D eigenvalue weighted by Gasteiger charge is 2.21. The van der Waals surface area contributed by atoms with Crippen molar-refractivity contribution in [3.8, 4) is 0 Å². The number of hydrogen-bond acceptors (Lipinski definition) is 6. The van der Waals surface area contributed by atoms with Crippen molar-refractivity contribution in [1.29, 1.82) is 0 Å². The Balaban J connectivity index is 1.23. The number of carbonyl (C=O) groups is 1. The van der Waals surface area contributed by atoms with E-state index in [0.29, 0.717) is 28.5 Å². The molecule has 2 aliphatic rings. The van der Waals surface area contributed by atoms with Gasteiger partial charge in [-0.05, 0) is 56.7 Å². The molecule has 2 fully saturated rings. The van der Waals surface area contributed by atoms with E-state index in [9.17, 15) is 4.79 Å². The summed E-state index contributed by atoms with van der Waals surface area (Å²) in [5.74, 6) is 1.88. The van der Waals surface area contributed by atoms with Crippen LogP contribution >= 0.6 is 23.4 Å². The van der Waals surface area contributed by atoms with Crippen LogP contribution < -0.4 is 10.2 Å². The van der Waals surface area contributed by atoms with Gasteiger partial charge >= 0.3 is 0 Å². The van der Waals surface area contributed by atoms with Crippen molar-refractivity contribution in [2.75, 3.05) is 49.9 Å². The lowest BCUT2D eigenvalue weighted by Crippen LogP contribution is -2.35. The predicted octanol–water partition coefficient (Wildman–Crippen LogP) is 3.89. The summed E-state index contributed by atoms with van der Waals surface area (Å²) in [5.41, 5.74) is 1.41. The van der Waals surface area contributed by atoms with Crippen LogP contribution in [0.4, 0.5) is 5.82 Å². The second kappa shape index (κ2) is 11.9. The van der Waals surface area contributed by atoms with Crippen molar-refractivity contribution in [2.45, 2.75) is 37.3 Å². The molecule has 1 N–H and O–H groups in total. The lowest BCUT2D eigenvalue weighted by molar-refractivity contribution is -0.118. The highest BCUT2D eigenvalue weighted by molar-refractivity contribution is 7.99. The molecule has 4 rings (SSSR count). The van der Waals surface area contributed by atoms with Crippen molar-refractivity contribution in [3.63, 3.8) is 0 Å². The van der Waals surface area contributed by atoms with Gasteiger partial charge in [-0.3, -0.25) is 4.79 Å². The molecule has 32 heavy (non-hydrogen) atoms. The van der Waals surface area contributed by atoms with Crippen molar-refractivity contribution in [1.82, 2.24) is 20.2 Å². The fraction of sp³-hybridized carbons (Fsp3) is 0.542. The van der Waals surface area contributed by atoms with Crippen molar-refractivity contribution in [3.05, 3.63) is 47.1 Å². The van der Waals surface area contributed by atoms with E-state index in [1.165, 1.54) is 30.2 Å². The number of carbonyl (C=O) groups excluding carboxylic acids is 1. The maximum atomic E-state index is 12.2. The minimum atomic E-state index is 0.0149. The number of halogens is 1. The smallest absolute Gasteiger partial charge is 0.230 e. The zero-order valence-electron chi connectivity index (χ0n) is 18.5. The zero-order valence-corrected chi connectivity index (χ0v) is 20.1. The van der Waals surface area contributed by atoms with E-state index in [4.69, 9.17) is 11.6 Å². The molecule has 8 heteroatoms. The van der Waals surface area contributed by atoms with Crippen LogP contribution in [0.5, 0.6) is 0 Å². The van der Waals surface area contributed by atoms with Gasteiger partial charge in [0, 0.05) is 32.2 Å². The second-order valence-electron chi connectivity index (χ2n) is 8.64. The molecule has 0 spiro atoms. The van der Waals surface area contributed by atoms with Gasteiger partial charge in [0.05, 0.1) is 5.75 Å². The van der Waals surface area contributed by atoms with Crippen LogP contribution in [0.15, 0.2) is 41.6 Å². The molecule has 0 radical (unpaired) electrons. The first-order valence-corrected chi connectivity index (χ1v) is 13.0. The van der Waals surface area contributed by atoms with Crippen LogP contribution in [0.25, 0.3) is 0 Å². The monoisotopic (exact) mass is 473 g/mol. The molecule has 1 aromatic heterocycles. The Morgan fingerprint density at radius 3 is 2.59 bits per heavy atom. The first-order chi connectivity index (χ1) is 15.7. The third-order valence-electron chi connectivity index (χ3n) is 6.25. The number of nitrogens with one attached hydrogen (secondary N) is 1. The normalized spacial score (nSPS) is 17.6. The Morgan fingerprint density at radius 1 is 1.09 bits per heavy atom. The quantitative estimate of drug-likeness (QED) is 0.338. The van der Waals surface area contributed by atoms with Gasteiger partial charge in [0.25, 0.3) is 0 Å². The van der Waals surface area contributed by atoms with Gasteiger partial charge in [-0.15, -0.1) is 0 Å². The Kier molecular flexibility index (Phi) is 8.65. The minimum absolute atomic E-state index is 0.0149. The lowest BCUT2D eigenvalue weighted by atomic mass is 9.90. The van der Waals surface area contributed by atoms with Crippen LogP contribution in [0, 0.1) is 5.92 Å². The van der Waals surface area contributed by atoms with E-state index in [-0.39, 0.29) is 5.91 Å². The van der Waals surface area contributed by atoms with Crippen LogP contribution in [-0.2, 0) is 11.2 Å². The summed E-state index contributed by atoms with van der Waals surface area (Å²) in [6, 6.07) is 12.5. The second-order valence-corrected chi connectivity index (χ2v) is 9.97. The van der Waals surface area contributed by atoms with E-state index >= 15 is 0 Å². The Morgan fingerprint density at radius 2 is 1.84 bits per heavy atom. The topological polar surface area (TPSA) is 61.4 Å². The SMILES string of the molecule is O=C(CSc1nc(Cl)cc(N2CCC(Cc3ccccc3)CC2)n1)NCCN1CCCC1. The highest BCUT2D eigenvalue weighted by Crippen LogP contribution is 2.27. The van der Waals surface area contributed by atoms with E-state index in [1.807, 2.05) is 6.07 Å². The summed E-state index contributed by atoms with van der Waals surface area (Å²) in [6.07, 6.45) is 5.94. The van der Waals surface area contributed by atoms with E-state index in [0.717, 1.165) is 57.8 Å². The standard InChI is InChI=1S/C24H32ClN5OS/c25-21-17-22(30-13-8-20(9-14-30)16-19-6-2-1-3-7-19)28-24(27-21)32-18-23(31)26-10-15-29-11-4-5-12-29/h1-3,6-7,17,20H,4-5,8-16,18H2,(H,26,31). The van der Waals surface area contributed by atoms with Gasteiger partial charge in [-0.1, -0.05) is 53.7 Å². The molecule has 2 aromatic rings. The van der Waals surface area contributed by atoms with Crippen molar-refractivity contribution >= 4 is 35.1 Å². The number of anilines is 1. The van der Waals surface area contributed by atoms with Crippen LogP contribution in [0.2, 0.25) is 5.15 Å². The van der Waals surface area contributed by atoms with Crippen LogP contribution in [-0.4, -0.2) is 65.8 Å². The van der Waals surface area contributed by atoms with Crippen molar-refractivity contribution in [2.24, 2.45) is 5.92 Å². The van der Waals surface area contributed by atoms with Gasteiger partial charge < -0.3 is 15.1 Å². The predicted molar refractivity (Wildman–Crippen MR) is 132 cm³/mol. The van der Waals surface area contributed by atoms with E-state index < -0.39 is 0 Å². The highest BCUT2D eigenvalue weighted by atomic mass is 35.5. The Labute approximate surface area is 200 Å². The molecule has 0 saturated carbocycles. The summed E-state index contributed by atoms with van der Waals surface area (Å²) in [4.78, 5) is 25.9. The number of benzene rings is 1. The molecule has 1 aromatic carbocycles. The Bertz CT molecular complexity index is 870. The molecular weight excluding hydrogens is 442 g/mol. The van der Waals surface area contributed by atoms with Gasteiger partial charge in [-0.25, -0.2) is 9.97 Å². The summed E-state index contributed by atoms with van der Waals surface area (Å²) < 4.78 is 0. The summed E-state index contributed by atoms with van der Waals surface area (Å²) in [5, 5.41) is 3.99. The number of rotatable bonds is 9. The maximum Gasteiger partial charge on any atom is 0.230 e. The van der Waals surface area contributed by atoms with Gasteiger partial charge in [0.1, 0.15) is 11.0 Å². The lowest BCUT2D eigenvalue weighted by Gasteiger charge is -2.33. The molecule has 1 amide bonds. The number of piperidine rings is 1. The third kappa shape index (κ3) is 7.09. The molecular formula is C24H32ClN5OS. The molecule has 0 atom stereocenters. The average molecular weight is 474 g/mol. The largest absolute Gasteiger partial charge is 0.356 e. The van der Waals surface area contributed by atoms with Gasteiger partial charge in [0.2, 0.25) is 5.91 Å². The molecule has 3 heterocycles. The maximum absolute atomic E-state index is 12.2. The molecule has 2 aliphatic heterocycles. The zero-order chi connectivity index (χ0) is 22.2.